The molecule has 0 saturated heterocycles. The highest BCUT2D eigenvalue weighted by Crippen LogP contribution is 2.24. The van der Waals surface area contributed by atoms with E-state index in [1.807, 2.05) is 24.4 Å². The lowest BCUT2D eigenvalue weighted by Gasteiger charge is -2.25. The summed E-state index contributed by atoms with van der Waals surface area (Å²) < 4.78 is 34.1. The van der Waals surface area contributed by atoms with Crippen molar-refractivity contribution in [3.63, 3.8) is 0 Å². The fraction of sp³-hybridized carbons (Fsp3) is 0.240. The van der Waals surface area contributed by atoms with E-state index in [-0.39, 0.29) is 23.8 Å². The molecule has 2 aromatic carbocycles. The van der Waals surface area contributed by atoms with Crippen molar-refractivity contribution in [1.82, 2.24) is 4.31 Å². The lowest BCUT2D eigenvalue weighted by molar-refractivity contribution is -0.120. The van der Waals surface area contributed by atoms with E-state index < -0.39 is 21.8 Å². The lowest BCUT2D eigenvalue weighted by atomic mass is 10.0. The summed E-state index contributed by atoms with van der Waals surface area (Å²) in [6.45, 7) is 3.80. The SMILES string of the molecule is CCOc1ccc2c(c1)=CC(CN(Cc1cccs1)S(=O)(=O)c1cccc(C(C)=O)c1)C(=O)N=2. The van der Waals surface area contributed by atoms with Gasteiger partial charge in [-0.3, -0.25) is 9.59 Å². The summed E-state index contributed by atoms with van der Waals surface area (Å²) in [4.78, 5) is 29.7. The molecule has 2 heterocycles. The zero-order valence-electron chi connectivity index (χ0n) is 18.8. The molecule has 1 atom stereocenters. The summed E-state index contributed by atoms with van der Waals surface area (Å²) >= 11 is 1.43. The molecule has 34 heavy (non-hydrogen) atoms. The van der Waals surface area contributed by atoms with E-state index >= 15 is 0 Å². The number of carbonyl (C=O) groups is 2. The quantitative estimate of drug-likeness (QED) is 0.425. The fourth-order valence-electron chi connectivity index (χ4n) is 3.71. The van der Waals surface area contributed by atoms with Gasteiger partial charge in [0.15, 0.2) is 5.78 Å². The summed E-state index contributed by atoms with van der Waals surface area (Å²) in [6, 6.07) is 14.9. The molecule has 176 valence electrons. The minimum absolute atomic E-state index is 0.0102. The van der Waals surface area contributed by atoms with Crippen LogP contribution in [0.25, 0.3) is 6.08 Å². The summed E-state index contributed by atoms with van der Waals surface area (Å²) in [5.74, 6) is -0.723. The minimum Gasteiger partial charge on any atom is -0.494 e. The fourth-order valence-corrected chi connectivity index (χ4v) is 6.00. The molecular formula is C25H24N2O5S2. The number of Topliss-reactive ketones (excluding diaryl/α,β-unsaturated/α-hetero) is 1. The molecule has 9 heteroatoms. The van der Waals surface area contributed by atoms with Crippen LogP contribution < -0.4 is 15.3 Å². The van der Waals surface area contributed by atoms with Crippen molar-refractivity contribution in [3.05, 3.63) is 81.0 Å². The molecule has 1 aliphatic heterocycles. The Morgan fingerprint density at radius 3 is 2.68 bits per heavy atom. The molecule has 1 aromatic heterocycles. The highest BCUT2D eigenvalue weighted by molar-refractivity contribution is 7.89. The summed E-state index contributed by atoms with van der Waals surface area (Å²) in [6.07, 6.45) is 1.75. The molecule has 0 fully saturated rings. The van der Waals surface area contributed by atoms with Gasteiger partial charge < -0.3 is 4.74 Å². The van der Waals surface area contributed by atoms with Crippen molar-refractivity contribution in [2.75, 3.05) is 13.2 Å². The predicted molar refractivity (Wildman–Crippen MR) is 130 cm³/mol. The number of hydrogen-bond acceptors (Lipinski definition) is 6. The highest BCUT2D eigenvalue weighted by Gasteiger charge is 2.31. The second-order valence-corrected chi connectivity index (χ2v) is 10.8. The number of ketones is 1. The first-order valence-electron chi connectivity index (χ1n) is 10.8. The molecule has 1 aliphatic rings. The van der Waals surface area contributed by atoms with Crippen LogP contribution in [-0.4, -0.2) is 37.6 Å². The van der Waals surface area contributed by atoms with E-state index in [2.05, 4.69) is 4.99 Å². The third-order valence-electron chi connectivity index (χ3n) is 5.43. The number of fused-ring (bicyclic) bond motifs is 1. The number of rotatable bonds is 9. The van der Waals surface area contributed by atoms with Crippen LogP contribution in [0.4, 0.5) is 0 Å². The lowest BCUT2D eigenvalue weighted by Crippen LogP contribution is -2.41. The number of ether oxygens (including phenoxy) is 1. The van der Waals surface area contributed by atoms with Gasteiger partial charge in [0.05, 0.1) is 22.8 Å². The Hall–Kier alpha value is -3.14. The Morgan fingerprint density at radius 2 is 1.97 bits per heavy atom. The van der Waals surface area contributed by atoms with Crippen LogP contribution in [0.5, 0.6) is 5.75 Å². The Balaban J connectivity index is 1.72. The van der Waals surface area contributed by atoms with Crippen LogP contribution >= 0.6 is 11.3 Å². The van der Waals surface area contributed by atoms with Gasteiger partial charge in [-0.25, -0.2) is 13.4 Å². The molecular weight excluding hydrogens is 472 g/mol. The van der Waals surface area contributed by atoms with Gasteiger partial charge in [0, 0.05) is 28.7 Å². The number of carbonyl (C=O) groups excluding carboxylic acids is 2. The average Bonchev–Trinajstić information content (AvgIpc) is 3.33. The van der Waals surface area contributed by atoms with Crippen molar-refractivity contribution in [2.45, 2.75) is 25.3 Å². The van der Waals surface area contributed by atoms with Gasteiger partial charge in [-0.1, -0.05) is 24.3 Å². The maximum Gasteiger partial charge on any atom is 0.254 e. The predicted octanol–water partition coefficient (Wildman–Crippen LogP) is 2.80. The average molecular weight is 497 g/mol. The van der Waals surface area contributed by atoms with Crippen LogP contribution in [0.1, 0.15) is 29.1 Å². The molecule has 0 N–H and O–H groups in total. The minimum atomic E-state index is -4.00. The van der Waals surface area contributed by atoms with Crippen LogP contribution in [0.2, 0.25) is 0 Å². The molecule has 0 spiro atoms. The first kappa shape index (κ1) is 24.0. The van der Waals surface area contributed by atoms with E-state index in [0.29, 0.717) is 23.3 Å². The maximum atomic E-state index is 13.6. The number of hydrogen-bond donors (Lipinski definition) is 0. The van der Waals surface area contributed by atoms with Crippen molar-refractivity contribution < 1.29 is 22.7 Å². The highest BCUT2D eigenvalue weighted by atomic mass is 32.2. The van der Waals surface area contributed by atoms with Gasteiger partial charge in [-0.2, -0.15) is 4.31 Å². The van der Waals surface area contributed by atoms with Crippen molar-refractivity contribution in [3.8, 4) is 5.75 Å². The van der Waals surface area contributed by atoms with Crippen LogP contribution in [0.15, 0.2) is 69.9 Å². The van der Waals surface area contributed by atoms with Gasteiger partial charge >= 0.3 is 0 Å². The van der Waals surface area contributed by atoms with Crippen molar-refractivity contribution in [2.24, 2.45) is 10.9 Å². The number of nitrogens with zero attached hydrogens (tertiary/aromatic N) is 2. The van der Waals surface area contributed by atoms with E-state index in [0.717, 1.165) is 10.1 Å². The number of thiophene rings is 1. The van der Waals surface area contributed by atoms with Gasteiger partial charge in [0.2, 0.25) is 10.0 Å². The van der Waals surface area contributed by atoms with Crippen LogP contribution in [0, 0.1) is 5.92 Å². The molecule has 3 aromatic rings. The molecule has 0 bridgehead atoms. The van der Waals surface area contributed by atoms with Crippen molar-refractivity contribution >= 4 is 39.1 Å². The topological polar surface area (TPSA) is 93.1 Å². The zero-order chi connectivity index (χ0) is 24.3. The number of sulfonamides is 1. The van der Waals surface area contributed by atoms with Crippen LogP contribution in [0.3, 0.4) is 0 Å². The Bertz CT molecular complexity index is 1450. The molecule has 0 saturated carbocycles. The molecule has 0 radical (unpaired) electrons. The maximum absolute atomic E-state index is 13.6. The van der Waals surface area contributed by atoms with E-state index in [1.54, 1.807) is 36.4 Å². The zero-order valence-corrected chi connectivity index (χ0v) is 20.4. The Labute approximate surface area is 202 Å². The van der Waals surface area contributed by atoms with Crippen molar-refractivity contribution in [1.29, 1.82) is 0 Å². The largest absolute Gasteiger partial charge is 0.494 e. The second kappa shape index (κ2) is 10.0. The smallest absolute Gasteiger partial charge is 0.254 e. The first-order chi connectivity index (χ1) is 16.3. The van der Waals surface area contributed by atoms with E-state index in [4.69, 9.17) is 4.74 Å². The Morgan fingerprint density at radius 1 is 1.15 bits per heavy atom. The first-order valence-corrected chi connectivity index (χ1v) is 13.1. The number of amides is 1. The molecule has 1 unspecified atom stereocenters. The molecule has 7 nitrogen and oxygen atoms in total. The van der Waals surface area contributed by atoms with Gasteiger partial charge in [-0.15, -0.1) is 11.3 Å². The molecule has 0 aliphatic carbocycles. The normalized spacial score (nSPS) is 15.4. The van der Waals surface area contributed by atoms with E-state index in [9.17, 15) is 18.0 Å². The van der Waals surface area contributed by atoms with Gasteiger partial charge in [0.1, 0.15) is 5.75 Å². The van der Waals surface area contributed by atoms with Gasteiger partial charge in [0.25, 0.3) is 5.91 Å². The van der Waals surface area contributed by atoms with Gasteiger partial charge in [-0.05, 0) is 55.6 Å². The molecule has 4 rings (SSSR count). The third kappa shape index (κ3) is 5.16. The summed E-state index contributed by atoms with van der Waals surface area (Å²) in [5.41, 5.74) is 0.310. The van der Waals surface area contributed by atoms with E-state index in [1.165, 1.54) is 34.7 Å². The second-order valence-electron chi connectivity index (χ2n) is 7.84. The third-order valence-corrected chi connectivity index (χ3v) is 8.10. The number of benzene rings is 2. The monoisotopic (exact) mass is 496 g/mol. The summed E-state index contributed by atoms with van der Waals surface area (Å²) in [5, 5.41) is 3.13. The molecule has 1 amide bonds. The van der Waals surface area contributed by atoms with Crippen LogP contribution in [-0.2, 0) is 21.4 Å². The standard InChI is InChI=1S/C25H24N2O5S2/c1-3-32-21-9-10-24-19(13-21)12-20(25(29)26-24)15-27(16-22-7-5-11-33-22)34(30,31)23-8-4-6-18(14-23)17(2)28/h4-14,20H,3,15-16H2,1-2H3. The Kier molecular flexibility index (Phi) is 7.06. The summed E-state index contributed by atoms with van der Waals surface area (Å²) in [7, 11) is -4.00.